The van der Waals surface area contributed by atoms with E-state index < -0.39 is 11.7 Å². The maximum Gasteiger partial charge on any atom is 0.432 e. The molecule has 1 aliphatic heterocycles. The molecule has 1 saturated heterocycles. The molecule has 4 aromatic rings. The standard InChI is InChI=1S/C27H33N7O5/c1-16-19-6-5-18(13-21(19)34(32-16)26(36)37)29-25-30-20-9-12-38-23(20)24(31-25)33-10-7-17(8-11-33)14-28-15-22(35)39-27(2,3)4/h5-6,9,12-13,17,28H,7-8,10-11,14-15H2,1-4H3,(H,36,37)(H,29,30,31). The van der Waals surface area contributed by atoms with Gasteiger partial charge in [-0.2, -0.15) is 14.8 Å². The summed E-state index contributed by atoms with van der Waals surface area (Å²) in [5, 5.41) is 20.8. The normalized spacial score (nSPS) is 14.7. The van der Waals surface area contributed by atoms with Gasteiger partial charge in [0.25, 0.3) is 0 Å². The Kier molecular flexibility index (Phi) is 7.13. The minimum Gasteiger partial charge on any atom is -0.463 e. The van der Waals surface area contributed by atoms with Crippen LogP contribution in [0.5, 0.6) is 0 Å². The number of aryl methyl sites for hydroxylation is 1. The zero-order valence-corrected chi connectivity index (χ0v) is 22.5. The number of hydrogen-bond acceptors (Lipinski definition) is 10. The van der Waals surface area contributed by atoms with E-state index in [4.69, 9.17) is 14.1 Å². The summed E-state index contributed by atoms with van der Waals surface area (Å²) in [7, 11) is 0. The summed E-state index contributed by atoms with van der Waals surface area (Å²) < 4.78 is 12.1. The smallest absolute Gasteiger partial charge is 0.432 e. The molecule has 1 aromatic carbocycles. The van der Waals surface area contributed by atoms with Gasteiger partial charge in [-0.15, -0.1) is 0 Å². The van der Waals surface area contributed by atoms with Gasteiger partial charge >= 0.3 is 12.1 Å². The number of carbonyl (C=O) groups excluding carboxylic acids is 1. The molecule has 0 spiro atoms. The lowest BCUT2D eigenvalue weighted by Crippen LogP contribution is -2.39. The van der Waals surface area contributed by atoms with E-state index >= 15 is 0 Å². The van der Waals surface area contributed by atoms with E-state index in [1.54, 1.807) is 25.3 Å². The molecule has 1 fully saturated rings. The average Bonchev–Trinajstić information content (AvgIpc) is 3.47. The molecule has 0 amide bonds. The Hall–Kier alpha value is -4.19. The van der Waals surface area contributed by atoms with Crippen molar-refractivity contribution in [3.05, 3.63) is 36.2 Å². The topological polar surface area (TPSA) is 148 Å². The number of nitrogens with zero attached hydrogens (tertiary/aromatic N) is 5. The SMILES string of the molecule is Cc1nn(C(=O)O)c2cc(Nc3nc(N4CCC(CNCC(=O)OC(C)(C)C)CC4)c4occc4n3)ccc12. The number of rotatable bonds is 7. The Morgan fingerprint density at radius 2 is 1.95 bits per heavy atom. The number of piperidine rings is 1. The van der Waals surface area contributed by atoms with Crippen molar-refractivity contribution in [3.63, 3.8) is 0 Å². The zero-order chi connectivity index (χ0) is 27.7. The van der Waals surface area contributed by atoms with E-state index in [1.807, 2.05) is 32.9 Å². The molecule has 3 aromatic heterocycles. The van der Waals surface area contributed by atoms with E-state index in [0.29, 0.717) is 45.7 Å². The monoisotopic (exact) mass is 535 g/mol. The minimum absolute atomic E-state index is 0.198. The predicted molar refractivity (Wildman–Crippen MR) is 147 cm³/mol. The molecule has 0 atom stereocenters. The van der Waals surface area contributed by atoms with Gasteiger partial charge in [0.1, 0.15) is 11.1 Å². The van der Waals surface area contributed by atoms with Crippen molar-refractivity contribution >= 4 is 51.5 Å². The summed E-state index contributed by atoms with van der Waals surface area (Å²) in [6.07, 6.45) is 2.32. The highest BCUT2D eigenvalue weighted by Gasteiger charge is 2.24. The van der Waals surface area contributed by atoms with Crippen LogP contribution in [-0.2, 0) is 9.53 Å². The molecule has 0 saturated carbocycles. The first-order valence-electron chi connectivity index (χ1n) is 13.0. The van der Waals surface area contributed by atoms with Crippen LogP contribution in [0.25, 0.3) is 22.0 Å². The number of carboxylic acid groups (broad SMARTS) is 1. The lowest BCUT2D eigenvalue weighted by molar-refractivity contribution is -0.153. The first-order chi connectivity index (χ1) is 18.6. The van der Waals surface area contributed by atoms with E-state index in [2.05, 4.69) is 25.6 Å². The Labute approximate surface area is 225 Å². The van der Waals surface area contributed by atoms with Crippen LogP contribution < -0.4 is 15.5 Å². The number of furan rings is 1. The first-order valence-corrected chi connectivity index (χ1v) is 13.0. The molecule has 39 heavy (non-hydrogen) atoms. The van der Waals surface area contributed by atoms with Crippen LogP contribution in [0.1, 0.15) is 39.3 Å². The summed E-state index contributed by atoms with van der Waals surface area (Å²) in [5.74, 6) is 1.28. The summed E-state index contributed by atoms with van der Waals surface area (Å²) in [4.78, 5) is 35.1. The first kappa shape index (κ1) is 26.4. The maximum atomic E-state index is 12.0. The molecule has 0 bridgehead atoms. The van der Waals surface area contributed by atoms with E-state index in [0.717, 1.165) is 42.5 Å². The second kappa shape index (κ2) is 10.5. The summed E-state index contributed by atoms with van der Waals surface area (Å²) in [5.41, 5.74) is 2.58. The summed E-state index contributed by atoms with van der Waals surface area (Å²) >= 11 is 0. The number of nitrogens with one attached hydrogen (secondary N) is 2. The highest BCUT2D eigenvalue weighted by atomic mass is 16.6. The Balaban J connectivity index is 1.27. The van der Waals surface area contributed by atoms with Gasteiger partial charge < -0.3 is 29.8 Å². The molecular weight excluding hydrogens is 502 g/mol. The van der Waals surface area contributed by atoms with Crippen molar-refractivity contribution in [3.8, 4) is 0 Å². The van der Waals surface area contributed by atoms with Gasteiger partial charge in [-0.3, -0.25) is 4.79 Å². The molecule has 206 valence electrons. The third-order valence-electron chi connectivity index (χ3n) is 6.63. The van der Waals surface area contributed by atoms with Crippen molar-refractivity contribution in [2.75, 3.05) is 36.4 Å². The maximum absolute atomic E-state index is 12.0. The number of benzene rings is 1. The molecule has 0 radical (unpaired) electrons. The van der Waals surface area contributed by atoms with Crippen molar-refractivity contribution in [1.29, 1.82) is 0 Å². The van der Waals surface area contributed by atoms with Gasteiger partial charge in [0.05, 0.1) is 24.0 Å². The van der Waals surface area contributed by atoms with Crippen LogP contribution in [0.15, 0.2) is 34.9 Å². The van der Waals surface area contributed by atoms with Gasteiger partial charge in [-0.25, -0.2) is 9.78 Å². The fraction of sp³-hybridized carbons (Fsp3) is 0.444. The fourth-order valence-electron chi connectivity index (χ4n) is 4.85. The Bertz CT molecular complexity index is 1510. The average molecular weight is 536 g/mol. The molecule has 5 rings (SSSR count). The van der Waals surface area contributed by atoms with Crippen LogP contribution in [0, 0.1) is 12.8 Å². The van der Waals surface area contributed by atoms with Crippen LogP contribution in [0.2, 0.25) is 0 Å². The van der Waals surface area contributed by atoms with Crippen LogP contribution >= 0.6 is 0 Å². The molecule has 4 heterocycles. The third kappa shape index (κ3) is 5.95. The fourth-order valence-corrected chi connectivity index (χ4v) is 4.85. The van der Waals surface area contributed by atoms with Gasteiger partial charge in [-0.1, -0.05) is 0 Å². The predicted octanol–water partition coefficient (Wildman–Crippen LogP) is 4.30. The van der Waals surface area contributed by atoms with E-state index in [-0.39, 0.29) is 12.5 Å². The summed E-state index contributed by atoms with van der Waals surface area (Å²) in [6.45, 7) is 9.87. The number of anilines is 3. The molecule has 0 aliphatic carbocycles. The lowest BCUT2D eigenvalue weighted by Gasteiger charge is -2.33. The molecule has 3 N–H and O–H groups in total. The minimum atomic E-state index is -1.15. The van der Waals surface area contributed by atoms with Crippen molar-refractivity contribution < 1.29 is 23.8 Å². The molecular formula is C27H33N7O5. The van der Waals surface area contributed by atoms with Crippen molar-refractivity contribution in [1.82, 2.24) is 25.1 Å². The number of carbonyl (C=O) groups is 2. The molecule has 0 unspecified atom stereocenters. The van der Waals surface area contributed by atoms with E-state index in [1.165, 1.54) is 0 Å². The second-order valence-electron chi connectivity index (χ2n) is 10.8. The van der Waals surface area contributed by atoms with E-state index in [9.17, 15) is 14.7 Å². The van der Waals surface area contributed by atoms with Gasteiger partial charge in [0.2, 0.25) is 5.95 Å². The second-order valence-corrected chi connectivity index (χ2v) is 10.8. The largest absolute Gasteiger partial charge is 0.463 e. The lowest BCUT2D eigenvalue weighted by atomic mass is 9.97. The number of aromatic nitrogens is 4. The van der Waals surface area contributed by atoms with Crippen LogP contribution in [-0.4, -0.2) is 68.7 Å². The molecule has 12 nitrogen and oxygen atoms in total. The van der Waals surface area contributed by atoms with Gasteiger partial charge in [-0.05, 0) is 71.2 Å². The van der Waals surface area contributed by atoms with Gasteiger partial charge in [0.15, 0.2) is 11.4 Å². The quantitative estimate of drug-likeness (QED) is 0.291. The van der Waals surface area contributed by atoms with Crippen molar-refractivity contribution in [2.24, 2.45) is 5.92 Å². The third-order valence-corrected chi connectivity index (χ3v) is 6.63. The Morgan fingerprint density at radius 3 is 2.67 bits per heavy atom. The number of hydrogen-bond donors (Lipinski definition) is 3. The number of fused-ring (bicyclic) bond motifs is 2. The van der Waals surface area contributed by atoms with Gasteiger partial charge in [0, 0.05) is 30.2 Å². The molecule has 12 heteroatoms. The summed E-state index contributed by atoms with van der Waals surface area (Å²) in [6, 6.07) is 7.20. The van der Waals surface area contributed by atoms with Crippen LogP contribution in [0.4, 0.5) is 22.2 Å². The van der Waals surface area contributed by atoms with Crippen molar-refractivity contribution in [2.45, 2.75) is 46.1 Å². The van der Waals surface area contributed by atoms with Crippen LogP contribution in [0.3, 0.4) is 0 Å². The number of esters is 1. The molecule has 1 aliphatic rings. The number of ether oxygens (including phenoxy) is 1. The zero-order valence-electron chi connectivity index (χ0n) is 22.5. The Morgan fingerprint density at radius 1 is 1.18 bits per heavy atom. The highest BCUT2D eigenvalue weighted by Crippen LogP contribution is 2.31. The highest BCUT2D eigenvalue weighted by molar-refractivity contribution is 5.92.